The highest BCUT2D eigenvalue weighted by molar-refractivity contribution is 5.95. The van der Waals surface area contributed by atoms with Crippen molar-refractivity contribution in [3.05, 3.63) is 17.5 Å². The molecule has 0 radical (unpaired) electrons. The summed E-state index contributed by atoms with van der Waals surface area (Å²) >= 11 is 0. The van der Waals surface area contributed by atoms with Gasteiger partial charge in [0.05, 0.1) is 23.9 Å². The van der Waals surface area contributed by atoms with Crippen LogP contribution in [0.15, 0.2) is 6.20 Å². The molecule has 24 heavy (non-hydrogen) atoms. The van der Waals surface area contributed by atoms with Gasteiger partial charge >= 0.3 is 0 Å². The standard InChI is InChI=1S/C17H25N5O2/c1-4-14(5-2)22-13(3)15(12-19-22)17(24)21-10-8-20(9-11-21)16(23)6-7-18/h12,14H,4-6,8-11H2,1-3H3. The fraction of sp³-hybridized carbons (Fsp3) is 0.647. The summed E-state index contributed by atoms with van der Waals surface area (Å²) in [6.45, 7) is 8.11. The Hall–Kier alpha value is -2.36. The molecule has 0 atom stereocenters. The Labute approximate surface area is 142 Å². The van der Waals surface area contributed by atoms with E-state index in [0.29, 0.717) is 37.8 Å². The quantitative estimate of drug-likeness (QED) is 0.823. The minimum Gasteiger partial charge on any atom is -0.338 e. The van der Waals surface area contributed by atoms with Gasteiger partial charge in [0.25, 0.3) is 5.91 Å². The van der Waals surface area contributed by atoms with Crippen molar-refractivity contribution in [2.45, 2.75) is 46.1 Å². The first-order chi connectivity index (χ1) is 11.5. The van der Waals surface area contributed by atoms with E-state index in [1.165, 1.54) is 0 Å². The zero-order valence-electron chi connectivity index (χ0n) is 14.7. The topological polar surface area (TPSA) is 82.2 Å². The van der Waals surface area contributed by atoms with Gasteiger partial charge in [-0.1, -0.05) is 13.8 Å². The third-order valence-electron chi connectivity index (χ3n) is 4.71. The lowest BCUT2D eigenvalue weighted by Gasteiger charge is -2.34. The van der Waals surface area contributed by atoms with Crippen LogP contribution in [0.1, 0.15) is 55.2 Å². The molecule has 1 saturated heterocycles. The van der Waals surface area contributed by atoms with Crippen molar-refractivity contribution in [1.29, 1.82) is 5.26 Å². The van der Waals surface area contributed by atoms with E-state index in [1.807, 2.05) is 17.7 Å². The fourth-order valence-corrected chi connectivity index (χ4v) is 3.14. The highest BCUT2D eigenvalue weighted by atomic mass is 16.2. The van der Waals surface area contributed by atoms with Gasteiger partial charge in [-0.2, -0.15) is 10.4 Å². The molecule has 1 aliphatic rings. The van der Waals surface area contributed by atoms with E-state index in [1.54, 1.807) is 16.0 Å². The number of hydrogen-bond donors (Lipinski definition) is 0. The van der Waals surface area contributed by atoms with Crippen LogP contribution in [0, 0.1) is 18.3 Å². The predicted octanol–water partition coefficient (Wildman–Crippen LogP) is 1.75. The van der Waals surface area contributed by atoms with Crippen LogP contribution in [0.5, 0.6) is 0 Å². The van der Waals surface area contributed by atoms with Crippen molar-refractivity contribution in [2.24, 2.45) is 0 Å². The first kappa shape index (κ1) is 18.0. The Morgan fingerprint density at radius 1 is 1.21 bits per heavy atom. The van der Waals surface area contributed by atoms with Crippen molar-refractivity contribution in [3.8, 4) is 6.07 Å². The normalized spacial score (nSPS) is 14.8. The molecule has 0 N–H and O–H groups in total. The average molecular weight is 331 g/mol. The van der Waals surface area contributed by atoms with Crippen molar-refractivity contribution >= 4 is 11.8 Å². The van der Waals surface area contributed by atoms with Crippen LogP contribution in [-0.4, -0.2) is 57.6 Å². The third kappa shape index (κ3) is 3.58. The Bertz CT molecular complexity index is 634. The lowest BCUT2D eigenvalue weighted by atomic mass is 10.1. The van der Waals surface area contributed by atoms with Crippen molar-refractivity contribution in [2.75, 3.05) is 26.2 Å². The molecule has 0 spiro atoms. The first-order valence-electron chi connectivity index (χ1n) is 8.51. The van der Waals surface area contributed by atoms with Gasteiger partial charge in [0.15, 0.2) is 0 Å². The lowest BCUT2D eigenvalue weighted by molar-refractivity contribution is -0.131. The predicted molar refractivity (Wildman–Crippen MR) is 89.3 cm³/mol. The molecule has 0 aromatic carbocycles. The smallest absolute Gasteiger partial charge is 0.257 e. The van der Waals surface area contributed by atoms with Gasteiger partial charge in [0.1, 0.15) is 6.42 Å². The molecule has 1 aromatic heterocycles. The molecule has 0 unspecified atom stereocenters. The fourth-order valence-electron chi connectivity index (χ4n) is 3.14. The van der Waals surface area contributed by atoms with E-state index in [0.717, 1.165) is 18.5 Å². The minimum absolute atomic E-state index is 0.0305. The van der Waals surface area contributed by atoms with Gasteiger partial charge in [-0.25, -0.2) is 0 Å². The summed E-state index contributed by atoms with van der Waals surface area (Å²) in [6, 6.07) is 2.19. The van der Waals surface area contributed by atoms with Gasteiger partial charge in [-0.15, -0.1) is 0 Å². The van der Waals surface area contributed by atoms with Gasteiger partial charge in [-0.05, 0) is 19.8 Å². The summed E-state index contributed by atoms with van der Waals surface area (Å²) < 4.78 is 1.94. The molecular weight excluding hydrogens is 306 g/mol. The molecule has 130 valence electrons. The molecule has 1 aliphatic heterocycles. The number of rotatable bonds is 5. The molecular formula is C17H25N5O2. The molecule has 1 aromatic rings. The SMILES string of the molecule is CCC(CC)n1ncc(C(=O)N2CCN(C(=O)CC#N)CC2)c1C. The average Bonchev–Trinajstić information content (AvgIpc) is 2.97. The Balaban J connectivity index is 2.04. The Morgan fingerprint density at radius 3 is 2.33 bits per heavy atom. The third-order valence-corrected chi connectivity index (χ3v) is 4.71. The maximum atomic E-state index is 12.8. The number of hydrogen-bond acceptors (Lipinski definition) is 4. The maximum Gasteiger partial charge on any atom is 0.257 e. The first-order valence-corrected chi connectivity index (χ1v) is 8.51. The molecule has 2 heterocycles. The van der Waals surface area contributed by atoms with Gasteiger partial charge < -0.3 is 9.80 Å². The molecule has 1 fully saturated rings. The van der Waals surface area contributed by atoms with Crippen molar-refractivity contribution in [3.63, 3.8) is 0 Å². The van der Waals surface area contributed by atoms with E-state index in [9.17, 15) is 9.59 Å². The molecule has 7 nitrogen and oxygen atoms in total. The number of amides is 2. The summed E-state index contributed by atoms with van der Waals surface area (Å²) in [4.78, 5) is 27.9. The summed E-state index contributed by atoms with van der Waals surface area (Å²) in [5.74, 6) is -0.195. The summed E-state index contributed by atoms with van der Waals surface area (Å²) in [5, 5.41) is 13.0. The zero-order valence-corrected chi connectivity index (χ0v) is 14.7. The number of piperazine rings is 1. The maximum absolute atomic E-state index is 12.8. The van der Waals surface area contributed by atoms with Gasteiger partial charge in [-0.3, -0.25) is 14.3 Å². The molecule has 0 aliphatic carbocycles. The summed E-state index contributed by atoms with van der Waals surface area (Å²) in [7, 11) is 0. The van der Waals surface area contributed by atoms with Crippen LogP contribution in [0.3, 0.4) is 0 Å². The Kier molecular flexibility index (Phi) is 5.96. The van der Waals surface area contributed by atoms with E-state index in [2.05, 4.69) is 18.9 Å². The Morgan fingerprint density at radius 2 is 1.79 bits per heavy atom. The van der Waals surface area contributed by atoms with Crippen molar-refractivity contribution < 1.29 is 9.59 Å². The molecule has 2 rings (SSSR count). The van der Waals surface area contributed by atoms with Gasteiger partial charge in [0.2, 0.25) is 5.91 Å². The minimum atomic E-state index is -0.165. The van der Waals surface area contributed by atoms with E-state index >= 15 is 0 Å². The number of aromatic nitrogens is 2. The zero-order chi connectivity index (χ0) is 17.7. The highest BCUT2D eigenvalue weighted by Gasteiger charge is 2.27. The number of nitrogens with zero attached hydrogens (tertiary/aromatic N) is 5. The number of nitriles is 1. The van der Waals surface area contributed by atoms with Crippen LogP contribution in [0.2, 0.25) is 0 Å². The van der Waals surface area contributed by atoms with Crippen LogP contribution in [-0.2, 0) is 4.79 Å². The van der Waals surface area contributed by atoms with Gasteiger partial charge in [0, 0.05) is 31.9 Å². The van der Waals surface area contributed by atoms with Crippen LogP contribution in [0.4, 0.5) is 0 Å². The van der Waals surface area contributed by atoms with E-state index in [4.69, 9.17) is 5.26 Å². The molecule has 0 saturated carbocycles. The lowest BCUT2D eigenvalue weighted by Crippen LogP contribution is -2.50. The molecule has 0 bridgehead atoms. The second-order valence-electron chi connectivity index (χ2n) is 6.07. The van der Waals surface area contributed by atoms with Crippen LogP contribution in [0.25, 0.3) is 0 Å². The molecule has 2 amide bonds. The number of carbonyl (C=O) groups is 2. The second-order valence-corrected chi connectivity index (χ2v) is 6.07. The van der Waals surface area contributed by atoms with E-state index in [-0.39, 0.29) is 18.2 Å². The summed E-state index contributed by atoms with van der Waals surface area (Å²) in [5.41, 5.74) is 1.54. The number of carbonyl (C=O) groups excluding carboxylic acids is 2. The van der Waals surface area contributed by atoms with E-state index < -0.39 is 0 Å². The largest absolute Gasteiger partial charge is 0.338 e. The van der Waals surface area contributed by atoms with Crippen LogP contribution < -0.4 is 0 Å². The monoisotopic (exact) mass is 331 g/mol. The highest BCUT2D eigenvalue weighted by Crippen LogP contribution is 2.20. The summed E-state index contributed by atoms with van der Waals surface area (Å²) in [6.07, 6.45) is 3.51. The van der Waals surface area contributed by atoms with Crippen molar-refractivity contribution in [1.82, 2.24) is 19.6 Å². The molecule has 7 heteroatoms. The van der Waals surface area contributed by atoms with Crippen LogP contribution >= 0.6 is 0 Å². The second kappa shape index (κ2) is 7.95.